The van der Waals surface area contributed by atoms with E-state index < -0.39 is 0 Å². The number of hydrogen-bond donors (Lipinski definition) is 2. The van der Waals surface area contributed by atoms with E-state index in [1.165, 1.54) is 24.0 Å². The van der Waals surface area contributed by atoms with Crippen molar-refractivity contribution in [3.05, 3.63) is 47.0 Å². The van der Waals surface area contributed by atoms with Crippen molar-refractivity contribution in [1.29, 1.82) is 0 Å². The number of hydrogen-bond acceptors (Lipinski definition) is 2. The smallest absolute Gasteiger partial charge is 0.224 e. The molecule has 2 rings (SSSR count). The van der Waals surface area contributed by atoms with Gasteiger partial charge in [-0.3, -0.25) is 4.79 Å². The third-order valence-electron chi connectivity index (χ3n) is 3.88. The van der Waals surface area contributed by atoms with Gasteiger partial charge < -0.3 is 10.6 Å². The molecular formula is C18H27ClN2O. The van der Waals surface area contributed by atoms with E-state index in [4.69, 9.17) is 0 Å². The standard InChI is InChI=1S/C18H26N2O.ClH/c1-2-3-4-15-5-7-16(8-6-15)13-18(21)20-14-17-9-11-19-12-10-17;/h5-9,19H,2-4,10-14H2,1H3,(H,20,21);1H. The lowest BCUT2D eigenvalue weighted by Crippen LogP contribution is -2.30. The minimum atomic E-state index is 0. The van der Waals surface area contributed by atoms with Crippen molar-refractivity contribution in [1.82, 2.24) is 10.6 Å². The van der Waals surface area contributed by atoms with Gasteiger partial charge in [0, 0.05) is 13.1 Å². The molecule has 1 aromatic carbocycles. The van der Waals surface area contributed by atoms with Gasteiger partial charge in [-0.1, -0.05) is 49.3 Å². The van der Waals surface area contributed by atoms with Gasteiger partial charge in [0.2, 0.25) is 5.91 Å². The molecule has 0 saturated heterocycles. The van der Waals surface area contributed by atoms with Gasteiger partial charge in [0.15, 0.2) is 0 Å². The Morgan fingerprint density at radius 2 is 1.95 bits per heavy atom. The summed E-state index contributed by atoms with van der Waals surface area (Å²) in [5.74, 6) is 0.107. The summed E-state index contributed by atoms with van der Waals surface area (Å²) >= 11 is 0. The van der Waals surface area contributed by atoms with Crippen LogP contribution in [0.25, 0.3) is 0 Å². The second-order valence-corrected chi connectivity index (χ2v) is 5.69. The Balaban J connectivity index is 0.00000242. The van der Waals surface area contributed by atoms with Crippen LogP contribution in [0.5, 0.6) is 0 Å². The molecule has 0 aliphatic carbocycles. The monoisotopic (exact) mass is 322 g/mol. The average molecular weight is 323 g/mol. The van der Waals surface area contributed by atoms with Crippen molar-refractivity contribution < 1.29 is 4.79 Å². The molecular weight excluding hydrogens is 296 g/mol. The average Bonchev–Trinajstić information content (AvgIpc) is 2.53. The third kappa shape index (κ3) is 6.63. The number of nitrogens with one attached hydrogen (secondary N) is 2. The fourth-order valence-corrected chi connectivity index (χ4v) is 2.49. The van der Waals surface area contributed by atoms with Crippen molar-refractivity contribution in [2.24, 2.45) is 0 Å². The quantitative estimate of drug-likeness (QED) is 0.758. The lowest BCUT2D eigenvalue weighted by atomic mass is 10.0. The maximum absolute atomic E-state index is 12.0. The first kappa shape index (κ1) is 18.7. The van der Waals surface area contributed by atoms with E-state index in [2.05, 4.69) is 47.9 Å². The van der Waals surface area contributed by atoms with Crippen LogP contribution >= 0.6 is 12.4 Å². The Labute approximate surface area is 140 Å². The second-order valence-electron chi connectivity index (χ2n) is 5.69. The summed E-state index contributed by atoms with van der Waals surface area (Å²) in [6, 6.07) is 8.45. The normalized spacial score (nSPS) is 14.0. The van der Waals surface area contributed by atoms with Crippen molar-refractivity contribution in [3.63, 3.8) is 0 Å². The largest absolute Gasteiger partial charge is 0.352 e. The highest BCUT2D eigenvalue weighted by molar-refractivity contribution is 5.85. The number of rotatable bonds is 7. The molecule has 1 aliphatic rings. The molecule has 0 aromatic heterocycles. The number of benzene rings is 1. The highest BCUT2D eigenvalue weighted by Gasteiger charge is 2.06. The molecule has 3 nitrogen and oxygen atoms in total. The molecule has 1 amide bonds. The Bertz CT molecular complexity index is 482. The molecule has 0 spiro atoms. The van der Waals surface area contributed by atoms with Crippen LogP contribution in [-0.4, -0.2) is 25.5 Å². The Kier molecular flexibility index (Phi) is 8.86. The van der Waals surface area contributed by atoms with Gasteiger partial charge in [0.25, 0.3) is 0 Å². The van der Waals surface area contributed by atoms with Gasteiger partial charge in [-0.05, 0) is 36.9 Å². The van der Waals surface area contributed by atoms with Crippen LogP contribution < -0.4 is 10.6 Å². The summed E-state index contributed by atoms with van der Waals surface area (Å²) in [7, 11) is 0. The number of carbonyl (C=O) groups excluding carboxylic acids is 1. The molecule has 4 heteroatoms. The van der Waals surface area contributed by atoms with Crippen LogP contribution in [0, 0.1) is 0 Å². The summed E-state index contributed by atoms with van der Waals surface area (Å²) in [4.78, 5) is 12.0. The molecule has 0 atom stereocenters. The zero-order chi connectivity index (χ0) is 14.9. The zero-order valence-corrected chi connectivity index (χ0v) is 14.2. The van der Waals surface area contributed by atoms with Gasteiger partial charge in [0.1, 0.15) is 0 Å². The Hall–Kier alpha value is -1.32. The number of halogens is 1. The lowest BCUT2D eigenvalue weighted by Gasteiger charge is -2.14. The number of amides is 1. The molecule has 0 radical (unpaired) electrons. The van der Waals surface area contributed by atoms with E-state index in [1.54, 1.807) is 0 Å². The molecule has 1 aliphatic heterocycles. The number of aryl methyl sites for hydroxylation is 1. The van der Waals surface area contributed by atoms with Crippen molar-refractivity contribution in [3.8, 4) is 0 Å². The van der Waals surface area contributed by atoms with Crippen molar-refractivity contribution in [2.75, 3.05) is 19.6 Å². The number of unbranched alkanes of at least 4 members (excludes halogenated alkanes) is 1. The summed E-state index contributed by atoms with van der Waals surface area (Å²) in [6.07, 6.45) is 7.25. The minimum absolute atomic E-state index is 0. The van der Waals surface area contributed by atoms with Gasteiger partial charge in [-0.15, -0.1) is 12.4 Å². The molecule has 0 unspecified atom stereocenters. The predicted octanol–water partition coefficient (Wildman–Crippen LogP) is 3.03. The third-order valence-corrected chi connectivity index (χ3v) is 3.88. The molecule has 1 aromatic rings. The van der Waals surface area contributed by atoms with Crippen LogP contribution in [0.4, 0.5) is 0 Å². The van der Waals surface area contributed by atoms with Crippen LogP contribution in [0.15, 0.2) is 35.9 Å². The summed E-state index contributed by atoms with van der Waals surface area (Å²) in [6.45, 7) is 4.83. The van der Waals surface area contributed by atoms with Crippen molar-refractivity contribution in [2.45, 2.75) is 39.0 Å². The molecule has 122 valence electrons. The first-order valence-electron chi connectivity index (χ1n) is 8.01. The minimum Gasteiger partial charge on any atom is -0.352 e. The molecule has 0 saturated carbocycles. The summed E-state index contributed by atoms with van der Waals surface area (Å²) < 4.78 is 0. The second kappa shape index (κ2) is 10.4. The van der Waals surface area contributed by atoms with E-state index >= 15 is 0 Å². The lowest BCUT2D eigenvalue weighted by molar-refractivity contribution is -0.120. The summed E-state index contributed by atoms with van der Waals surface area (Å²) in [5, 5.41) is 6.29. The van der Waals surface area contributed by atoms with E-state index in [-0.39, 0.29) is 18.3 Å². The molecule has 22 heavy (non-hydrogen) atoms. The van der Waals surface area contributed by atoms with Crippen LogP contribution in [0.1, 0.15) is 37.3 Å². The van der Waals surface area contributed by atoms with Crippen molar-refractivity contribution >= 4 is 18.3 Å². The molecule has 0 bridgehead atoms. The fourth-order valence-electron chi connectivity index (χ4n) is 2.49. The first-order valence-corrected chi connectivity index (χ1v) is 8.01. The molecule has 0 fully saturated rings. The topological polar surface area (TPSA) is 41.1 Å². The Morgan fingerprint density at radius 1 is 1.23 bits per heavy atom. The van der Waals surface area contributed by atoms with Gasteiger partial charge in [-0.2, -0.15) is 0 Å². The first-order chi connectivity index (χ1) is 10.3. The van der Waals surface area contributed by atoms with Crippen LogP contribution in [0.2, 0.25) is 0 Å². The van der Waals surface area contributed by atoms with Gasteiger partial charge in [0.05, 0.1) is 6.42 Å². The van der Waals surface area contributed by atoms with Gasteiger partial charge in [-0.25, -0.2) is 0 Å². The maximum Gasteiger partial charge on any atom is 0.224 e. The highest BCUT2D eigenvalue weighted by Crippen LogP contribution is 2.09. The fraction of sp³-hybridized carbons (Fsp3) is 0.500. The van der Waals surface area contributed by atoms with E-state index in [0.717, 1.165) is 31.5 Å². The summed E-state index contributed by atoms with van der Waals surface area (Å²) in [5.41, 5.74) is 3.78. The molecule has 1 heterocycles. The van der Waals surface area contributed by atoms with Gasteiger partial charge >= 0.3 is 0 Å². The SMILES string of the molecule is CCCCc1ccc(CC(=O)NCC2=CCNCC2)cc1.Cl. The van der Waals surface area contributed by atoms with Crippen LogP contribution in [0.3, 0.4) is 0 Å². The van der Waals surface area contributed by atoms with E-state index in [0.29, 0.717) is 13.0 Å². The molecule has 2 N–H and O–H groups in total. The van der Waals surface area contributed by atoms with E-state index in [1.807, 2.05) is 0 Å². The Morgan fingerprint density at radius 3 is 2.59 bits per heavy atom. The zero-order valence-electron chi connectivity index (χ0n) is 13.4. The highest BCUT2D eigenvalue weighted by atomic mass is 35.5. The number of carbonyl (C=O) groups is 1. The van der Waals surface area contributed by atoms with Crippen LogP contribution in [-0.2, 0) is 17.6 Å². The van der Waals surface area contributed by atoms with E-state index in [9.17, 15) is 4.79 Å². The predicted molar refractivity (Wildman–Crippen MR) is 94.6 cm³/mol. The maximum atomic E-state index is 12.0.